The number of anilines is 2. The Morgan fingerprint density at radius 2 is 2.00 bits per heavy atom. The van der Waals surface area contributed by atoms with Gasteiger partial charge in [0, 0.05) is 29.8 Å². The van der Waals surface area contributed by atoms with Crippen LogP contribution in [0.25, 0.3) is 0 Å². The predicted molar refractivity (Wildman–Crippen MR) is 103 cm³/mol. The maximum atomic E-state index is 12.2. The number of fused-ring (bicyclic) bond motifs is 3. The molecule has 0 unspecified atom stereocenters. The molecule has 28 heavy (non-hydrogen) atoms. The first-order valence-corrected chi connectivity index (χ1v) is 10.0. The number of nitrogens with one attached hydrogen (secondary N) is 3. The van der Waals surface area contributed by atoms with Gasteiger partial charge in [-0.1, -0.05) is 0 Å². The summed E-state index contributed by atoms with van der Waals surface area (Å²) in [6.45, 7) is 2.07. The molecular weight excluding hydrogens is 358 g/mol. The highest BCUT2D eigenvalue weighted by molar-refractivity contribution is 5.68. The number of alkyl carbamates (subject to hydrolysis) is 1. The van der Waals surface area contributed by atoms with E-state index in [1.54, 1.807) is 12.4 Å². The molecule has 8 nitrogen and oxygen atoms in total. The van der Waals surface area contributed by atoms with E-state index in [1.165, 1.54) is 0 Å². The Morgan fingerprint density at radius 1 is 1.11 bits per heavy atom. The molecule has 0 radical (unpaired) electrons. The average molecular weight is 383 g/mol. The second kappa shape index (κ2) is 7.00. The molecule has 6 rings (SSSR count). The minimum absolute atomic E-state index is 0.0393. The van der Waals surface area contributed by atoms with Crippen molar-refractivity contribution in [1.82, 2.24) is 20.5 Å². The maximum Gasteiger partial charge on any atom is 0.407 e. The molecule has 8 bridgehead atoms. The number of nitrogens with zero attached hydrogens (tertiary/aromatic N) is 2. The lowest BCUT2D eigenvalue weighted by Gasteiger charge is -2.39. The summed E-state index contributed by atoms with van der Waals surface area (Å²) in [4.78, 5) is 16.5. The van der Waals surface area contributed by atoms with Crippen LogP contribution in [0.5, 0.6) is 5.75 Å². The summed E-state index contributed by atoms with van der Waals surface area (Å²) in [7, 11) is 0. The Hall–Kier alpha value is -2.77. The standard InChI is InChI=1S/C20H25N5O3/c1-11-13-4-14(5-13)23-20(26)28-16-3-2-12(6-16)18-8-19(25-24-18)22-15-7-17(27-11)10-21-9-15/h7-14,16H,2-6H2,1H3,(H,23,26)(H2,22,24,25)/t11-,12-,13?,14?,16+/m0/s1. The number of hydrogen-bond acceptors (Lipinski definition) is 6. The number of carbonyl (C=O) groups is 1. The smallest absolute Gasteiger partial charge is 0.407 e. The molecule has 4 aliphatic rings. The normalized spacial score (nSPS) is 31.9. The number of rotatable bonds is 0. The number of aromatic nitrogens is 3. The van der Waals surface area contributed by atoms with E-state index in [9.17, 15) is 4.79 Å². The van der Waals surface area contributed by atoms with Crippen molar-refractivity contribution in [1.29, 1.82) is 0 Å². The van der Waals surface area contributed by atoms with Crippen molar-refractivity contribution in [2.24, 2.45) is 5.92 Å². The third-order valence-corrected chi connectivity index (χ3v) is 6.16. The van der Waals surface area contributed by atoms with E-state index in [-0.39, 0.29) is 24.3 Å². The quantitative estimate of drug-likeness (QED) is 0.644. The second-order valence-electron chi connectivity index (χ2n) is 8.18. The molecule has 2 aromatic heterocycles. The van der Waals surface area contributed by atoms with Gasteiger partial charge in [0.05, 0.1) is 24.2 Å². The molecule has 4 heterocycles. The van der Waals surface area contributed by atoms with Gasteiger partial charge in [0.25, 0.3) is 0 Å². The second-order valence-corrected chi connectivity index (χ2v) is 8.18. The number of aromatic amines is 1. The third kappa shape index (κ3) is 3.50. The summed E-state index contributed by atoms with van der Waals surface area (Å²) in [6, 6.07) is 4.13. The van der Waals surface area contributed by atoms with E-state index in [1.807, 2.05) is 12.1 Å². The number of pyridine rings is 1. The highest BCUT2D eigenvalue weighted by atomic mass is 16.6. The SMILES string of the molecule is C[C@@H]1Oc2cncc(c2)Nc2cc([nH]n2)[C@H]2CC[C@H](C2)OC(=O)NC2CC1C2. The Bertz CT molecular complexity index is 863. The lowest BCUT2D eigenvalue weighted by molar-refractivity contribution is 0.0580. The van der Waals surface area contributed by atoms with Crippen LogP contribution in [0.4, 0.5) is 16.3 Å². The van der Waals surface area contributed by atoms with Crippen molar-refractivity contribution in [3.05, 3.63) is 30.2 Å². The van der Waals surface area contributed by atoms with Gasteiger partial charge in [-0.2, -0.15) is 5.10 Å². The molecule has 2 aliphatic heterocycles. The highest BCUT2D eigenvalue weighted by Crippen LogP contribution is 2.37. The zero-order valence-corrected chi connectivity index (χ0v) is 15.9. The molecule has 3 atom stereocenters. The summed E-state index contributed by atoms with van der Waals surface area (Å²) in [5.74, 6) is 2.20. The zero-order valence-electron chi connectivity index (χ0n) is 15.9. The fourth-order valence-corrected chi connectivity index (χ4v) is 4.46. The van der Waals surface area contributed by atoms with Crippen molar-refractivity contribution in [2.45, 2.75) is 63.2 Å². The molecule has 1 amide bonds. The van der Waals surface area contributed by atoms with Crippen molar-refractivity contribution in [3.8, 4) is 5.75 Å². The summed E-state index contributed by atoms with van der Waals surface area (Å²) < 4.78 is 11.7. The van der Waals surface area contributed by atoms with Crippen LogP contribution < -0.4 is 15.4 Å². The van der Waals surface area contributed by atoms with Gasteiger partial charge in [-0.05, 0) is 44.9 Å². The lowest BCUT2D eigenvalue weighted by atomic mass is 9.77. The van der Waals surface area contributed by atoms with Gasteiger partial charge < -0.3 is 20.1 Å². The fourth-order valence-electron chi connectivity index (χ4n) is 4.46. The van der Waals surface area contributed by atoms with Gasteiger partial charge in [-0.25, -0.2) is 4.79 Å². The van der Waals surface area contributed by atoms with Crippen molar-refractivity contribution in [2.75, 3.05) is 5.32 Å². The summed E-state index contributed by atoms with van der Waals surface area (Å²) in [5.41, 5.74) is 1.90. The summed E-state index contributed by atoms with van der Waals surface area (Å²) in [6.07, 6.45) is 7.69. The number of ether oxygens (including phenoxy) is 2. The van der Waals surface area contributed by atoms with Crippen molar-refractivity contribution >= 4 is 17.6 Å². The van der Waals surface area contributed by atoms with E-state index >= 15 is 0 Å². The number of H-pyrrole nitrogens is 1. The number of hydrogen-bond donors (Lipinski definition) is 3. The van der Waals surface area contributed by atoms with E-state index < -0.39 is 0 Å². The highest BCUT2D eigenvalue weighted by Gasteiger charge is 2.36. The molecule has 2 fully saturated rings. The predicted octanol–water partition coefficient (Wildman–Crippen LogP) is 3.47. The number of carbonyl (C=O) groups excluding carboxylic acids is 1. The maximum absolute atomic E-state index is 12.2. The third-order valence-electron chi connectivity index (χ3n) is 6.16. The monoisotopic (exact) mass is 383 g/mol. The van der Waals surface area contributed by atoms with Crippen LogP contribution in [0.2, 0.25) is 0 Å². The van der Waals surface area contributed by atoms with Gasteiger partial charge in [-0.3, -0.25) is 10.1 Å². The first-order chi connectivity index (χ1) is 13.6. The minimum atomic E-state index is -0.298. The Labute approximate surface area is 163 Å². The topological polar surface area (TPSA) is 101 Å². The molecule has 3 N–H and O–H groups in total. The van der Waals surface area contributed by atoms with Gasteiger partial charge in [0.2, 0.25) is 0 Å². The Morgan fingerprint density at radius 3 is 2.89 bits per heavy atom. The average Bonchev–Trinajstić information content (AvgIpc) is 3.26. The lowest BCUT2D eigenvalue weighted by Crippen LogP contribution is -2.49. The number of amides is 1. The van der Waals surface area contributed by atoms with Gasteiger partial charge in [-0.15, -0.1) is 0 Å². The zero-order chi connectivity index (χ0) is 19.1. The largest absolute Gasteiger partial charge is 0.489 e. The van der Waals surface area contributed by atoms with E-state index in [4.69, 9.17) is 9.47 Å². The van der Waals surface area contributed by atoms with Gasteiger partial charge >= 0.3 is 6.09 Å². The first-order valence-electron chi connectivity index (χ1n) is 10.0. The molecule has 0 aromatic carbocycles. The summed E-state index contributed by atoms with van der Waals surface area (Å²) in [5, 5.41) is 13.8. The van der Waals surface area contributed by atoms with Gasteiger partial charge in [0.1, 0.15) is 11.9 Å². The van der Waals surface area contributed by atoms with Crippen LogP contribution in [0.1, 0.15) is 50.6 Å². The first kappa shape index (κ1) is 17.3. The van der Waals surface area contributed by atoms with E-state index in [0.717, 1.165) is 55.1 Å². The van der Waals surface area contributed by atoms with E-state index in [2.05, 4.69) is 32.7 Å². The molecule has 0 spiro atoms. The molecule has 8 heteroatoms. The minimum Gasteiger partial charge on any atom is -0.489 e. The summed E-state index contributed by atoms with van der Waals surface area (Å²) >= 11 is 0. The fraction of sp³-hybridized carbons (Fsp3) is 0.550. The molecule has 148 valence electrons. The molecule has 2 aromatic rings. The van der Waals surface area contributed by atoms with Crippen molar-refractivity contribution < 1.29 is 14.3 Å². The van der Waals surface area contributed by atoms with Crippen LogP contribution in [-0.4, -0.2) is 39.5 Å². The molecule has 2 aliphatic carbocycles. The van der Waals surface area contributed by atoms with Crippen LogP contribution in [-0.2, 0) is 4.74 Å². The Kier molecular flexibility index (Phi) is 4.33. The molecule has 2 saturated carbocycles. The van der Waals surface area contributed by atoms with Crippen LogP contribution in [0, 0.1) is 5.92 Å². The van der Waals surface area contributed by atoms with E-state index in [0.29, 0.717) is 11.8 Å². The van der Waals surface area contributed by atoms with Crippen LogP contribution in [0.15, 0.2) is 24.5 Å². The van der Waals surface area contributed by atoms with Crippen LogP contribution in [0.3, 0.4) is 0 Å². The molecular formula is C20H25N5O3. The van der Waals surface area contributed by atoms with Gasteiger partial charge in [0.15, 0.2) is 5.82 Å². The van der Waals surface area contributed by atoms with Crippen LogP contribution >= 0.6 is 0 Å². The Balaban J connectivity index is 1.38. The molecule has 0 saturated heterocycles. The van der Waals surface area contributed by atoms with Crippen molar-refractivity contribution in [3.63, 3.8) is 0 Å².